The maximum atomic E-state index is 12.5. The van der Waals surface area contributed by atoms with Crippen LogP contribution in [0.3, 0.4) is 0 Å². The molecule has 0 spiro atoms. The Morgan fingerprint density at radius 1 is 1.30 bits per heavy atom. The number of hydrogen-bond donors (Lipinski definition) is 1. The minimum absolute atomic E-state index is 0.588. The second-order valence-corrected chi connectivity index (χ2v) is 2.31. The third-order valence-electron chi connectivity index (χ3n) is 1.70. The van der Waals surface area contributed by atoms with Crippen molar-refractivity contribution in [2.24, 2.45) is 0 Å². The van der Waals surface area contributed by atoms with Crippen molar-refractivity contribution < 1.29 is 23.1 Å². The summed E-state index contributed by atoms with van der Waals surface area (Å²) in [5, 5.41) is 7.97. The van der Waals surface area contributed by atoms with Crippen LogP contribution >= 0.6 is 0 Å². The lowest BCUT2D eigenvalue weighted by atomic mass is 9.78. The predicted octanol–water partition coefficient (Wildman–Crippen LogP) is 1.21. The highest BCUT2D eigenvalue weighted by Gasteiger charge is 2.68. The molecule has 1 N–H and O–H groups in total. The molecule has 0 heterocycles. The number of rotatable bonds is 1. The van der Waals surface area contributed by atoms with E-state index in [0.29, 0.717) is 0 Å². The van der Waals surface area contributed by atoms with Crippen LogP contribution < -0.4 is 0 Å². The topological polar surface area (TPSA) is 37.3 Å². The Labute approximate surface area is 54.6 Å². The van der Waals surface area contributed by atoms with Gasteiger partial charge < -0.3 is 5.11 Å². The first kappa shape index (κ1) is 7.37. The fourth-order valence-electron chi connectivity index (χ4n) is 0.797. The molecule has 58 valence electrons. The smallest absolute Gasteiger partial charge is 0.347 e. The molecule has 1 aliphatic carbocycles. The zero-order valence-corrected chi connectivity index (χ0v) is 4.90. The van der Waals surface area contributed by atoms with Crippen LogP contribution in [0.15, 0.2) is 0 Å². The highest BCUT2D eigenvalue weighted by Crippen LogP contribution is 2.49. The number of carboxylic acid groups (broad SMARTS) is 1. The van der Waals surface area contributed by atoms with E-state index >= 15 is 0 Å². The average molecular weight is 154 g/mol. The van der Waals surface area contributed by atoms with E-state index in [9.17, 15) is 18.0 Å². The zero-order valence-electron chi connectivity index (χ0n) is 4.90. The minimum Gasteiger partial charge on any atom is -0.479 e. The molecule has 0 amide bonds. The molecule has 0 aromatic rings. The normalized spacial score (nSPS) is 36.7. The van der Waals surface area contributed by atoms with Crippen molar-refractivity contribution in [3.8, 4) is 0 Å². The molecule has 1 atom stereocenters. The molecule has 0 saturated heterocycles. The lowest BCUT2D eigenvalue weighted by Gasteiger charge is -2.38. The van der Waals surface area contributed by atoms with Crippen LogP contribution in [-0.2, 0) is 4.79 Å². The highest BCUT2D eigenvalue weighted by molar-refractivity contribution is 5.80. The summed E-state index contributed by atoms with van der Waals surface area (Å²) in [6, 6.07) is 0. The van der Waals surface area contributed by atoms with Gasteiger partial charge in [-0.25, -0.2) is 18.0 Å². The molecule has 1 saturated carbocycles. The standard InChI is InChI=1S/C5H5F3O2/c6-4(3(9)10)1-2-5(4,7)8/h1-2H2,(H,9,10). The first-order valence-corrected chi connectivity index (χ1v) is 2.70. The van der Waals surface area contributed by atoms with Crippen molar-refractivity contribution in [2.45, 2.75) is 24.4 Å². The Balaban J connectivity index is 2.81. The lowest BCUT2D eigenvalue weighted by Crippen LogP contribution is -2.59. The second kappa shape index (κ2) is 1.65. The van der Waals surface area contributed by atoms with Crippen LogP contribution in [0.1, 0.15) is 12.8 Å². The summed E-state index contributed by atoms with van der Waals surface area (Å²) in [7, 11) is 0. The lowest BCUT2D eigenvalue weighted by molar-refractivity contribution is -0.223. The Morgan fingerprint density at radius 3 is 1.80 bits per heavy atom. The Morgan fingerprint density at radius 2 is 1.80 bits per heavy atom. The molecule has 1 rings (SSSR count). The number of aliphatic carboxylic acids is 1. The third kappa shape index (κ3) is 0.629. The van der Waals surface area contributed by atoms with E-state index in [1.807, 2.05) is 0 Å². The van der Waals surface area contributed by atoms with Crippen molar-refractivity contribution in [2.75, 3.05) is 0 Å². The largest absolute Gasteiger partial charge is 0.479 e. The number of halogens is 3. The van der Waals surface area contributed by atoms with Crippen LogP contribution in [0.2, 0.25) is 0 Å². The van der Waals surface area contributed by atoms with Crippen LogP contribution in [0, 0.1) is 0 Å². The molecule has 0 bridgehead atoms. The Bertz CT molecular complexity index is 180. The van der Waals surface area contributed by atoms with Crippen molar-refractivity contribution >= 4 is 5.97 Å². The van der Waals surface area contributed by atoms with Gasteiger partial charge in [-0.3, -0.25) is 0 Å². The fraction of sp³-hybridized carbons (Fsp3) is 0.800. The summed E-state index contributed by atoms with van der Waals surface area (Å²) in [6.45, 7) is 0. The quantitative estimate of drug-likeness (QED) is 0.616. The van der Waals surface area contributed by atoms with Gasteiger partial charge in [0.05, 0.1) is 0 Å². The zero-order chi connectivity index (χ0) is 7.99. The number of hydrogen-bond acceptors (Lipinski definition) is 1. The van der Waals surface area contributed by atoms with Crippen molar-refractivity contribution in [3.05, 3.63) is 0 Å². The molecule has 5 heteroatoms. The Hall–Kier alpha value is -0.740. The summed E-state index contributed by atoms with van der Waals surface area (Å²) in [5.41, 5.74) is -3.30. The SMILES string of the molecule is O=C(O)C1(F)CCC1(F)F. The van der Waals surface area contributed by atoms with Crippen molar-refractivity contribution in [1.82, 2.24) is 0 Å². The summed E-state index contributed by atoms with van der Waals surface area (Å²) in [4.78, 5) is 9.86. The predicted molar refractivity (Wildman–Crippen MR) is 25.7 cm³/mol. The molecular formula is C5H5F3O2. The van der Waals surface area contributed by atoms with E-state index in [-0.39, 0.29) is 0 Å². The van der Waals surface area contributed by atoms with Crippen LogP contribution in [0.25, 0.3) is 0 Å². The molecule has 2 nitrogen and oxygen atoms in total. The van der Waals surface area contributed by atoms with Gasteiger partial charge in [0.1, 0.15) is 0 Å². The van der Waals surface area contributed by atoms with Crippen molar-refractivity contribution in [3.63, 3.8) is 0 Å². The van der Waals surface area contributed by atoms with E-state index in [0.717, 1.165) is 0 Å². The number of carboxylic acids is 1. The third-order valence-corrected chi connectivity index (χ3v) is 1.70. The molecule has 0 aromatic heterocycles. The van der Waals surface area contributed by atoms with Gasteiger partial charge in [-0.15, -0.1) is 0 Å². The first-order valence-electron chi connectivity index (χ1n) is 2.70. The van der Waals surface area contributed by atoms with Gasteiger partial charge in [0, 0.05) is 12.8 Å². The average Bonchev–Trinajstić information content (AvgIpc) is 1.83. The van der Waals surface area contributed by atoms with Gasteiger partial charge in [0.2, 0.25) is 0 Å². The molecule has 1 fully saturated rings. The number of carbonyl (C=O) groups is 1. The molecular weight excluding hydrogens is 149 g/mol. The van der Waals surface area contributed by atoms with Crippen molar-refractivity contribution in [1.29, 1.82) is 0 Å². The summed E-state index contributed by atoms with van der Waals surface area (Å²) >= 11 is 0. The monoisotopic (exact) mass is 154 g/mol. The second-order valence-electron chi connectivity index (χ2n) is 2.31. The van der Waals surface area contributed by atoms with Crippen LogP contribution in [-0.4, -0.2) is 22.7 Å². The van der Waals surface area contributed by atoms with Crippen LogP contribution in [0.5, 0.6) is 0 Å². The maximum absolute atomic E-state index is 12.5. The molecule has 0 aromatic carbocycles. The van der Waals surface area contributed by atoms with Gasteiger partial charge in [0.15, 0.2) is 0 Å². The summed E-state index contributed by atoms with van der Waals surface area (Å²) < 4.78 is 36.6. The van der Waals surface area contributed by atoms with E-state index in [1.165, 1.54) is 0 Å². The van der Waals surface area contributed by atoms with E-state index in [2.05, 4.69) is 0 Å². The van der Waals surface area contributed by atoms with Gasteiger partial charge >= 0.3 is 5.97 Å². The molecule has 10 heavy (non-hydrogen) atoms. The maximum Gasteiger partial charge on any atom is 0.347 e. The van der Waals surface area contributed by atoms with Gasteiger partial charge in [0.25, 0.3) is 11.6 Å². The highest BCUT2D eigenvalue weighted by atomic mass is 19.3. The van der Waals surface area contributed by atoms with Gasteiger partial charge in [-0.2, -0.15) is 0 Å². The Kier molecular flexibility index (Phi) is 1.21. The van der Waals surface area contributed by atoms with Crippen LogP contribution in [0.4, 0.5) is 13.2 Å². The van der Waals surface area contributed by atoms with E-state index < -0.39 is 30.4 Å². The molecule has 0 aliphatic heterocycles. The van der Waals surface area contributed by atoms with Gasteiger partial charge in [-0.05, 0) is 0 Å². The van der Waals surface area contributed by atoms with E-state index in [1.54, 1.807) is 0 Å². The van der Waals surface area contributed by atoms with E-state index in [4.69, 9.17) is 5.11 Å². The minimum atomic E-state index is -3.67. The fourth-order valence-corrected chi connectivity index (χ4v) is 0.797. The number of alkyl halides is 3. The summed E-state index contributed by atoms with van der Waals surface area (Å²) in [6.07, 6.45) is -1.26. The summed E-state index contributed by atoms with van der Waals surface area (Å²) in [5.74, 6) is -5.73. The van der Waals surface area contributed by atoms with Gasteiger partial charge in [-0.1, -0.05) is 0 Å². The molecule has 0 radical (unpaired) electrons. The first-order chi connectivity index (χ1) is 4.40. The molecule has 1 aliphatic rings. The molecule has 1 unspecified atom stereocenters.